The highest BCUT2D eigenvalue weighted by molar-refractivity contribution is 7.13. The first-order chi connectivity index (χ1) is 11.5. The smallest absolute Gasteiger partial charge is 0.308 e. The monoisotopic (exact) mass is 350 g/mol. The summed E-state index contributed by atoms with van der Waals surface area (Å²) in [4.78, 5) is 27.3. The van der Waals surface area contributed by atoms with Crippen LogP contribution in [0.3, 0.4) is 0 Å². The summed E-state index contributed by atoms with van der Waals surface area (Å²) in [5, 5.41) is 5.29. The zero-order chi connectivity index (χ0) is 17.5. The number of hydrogen-bond donors (Lipinski definition) is 1. The Kier molecular flexibility index (Phi) is 6.43. The van der Waals surface area contributed by atoms with Gasteiger partial charge in [-0.05, 0) is 12.1 Å². The van der Waals surface area contributed by atoms with Crippen molar-refractivity contribution in [3.63, 3.8) is 0 Å². The van der Waals surface area contributed by atoms with Crippen molar-refractivity contribution in [2.75, 3.05) is 13.2 Å². The van der Waals surface area contributed by atoms with Gasteiger partial charge >= 0.3 is 5.97 Å². The lowest BCUT2D eigenvalue weighted by molar-refractivity contribution is -0.151. The maximum atomic E-state index is 13.2. The molecule has 7 heteroatoms. The summed E-state index contributed by atoms with van der Waals surface area (Å²) in [5.41, 5.74) is 1.55. The van der Waals surface area contributed by atoms with Gasteiger partial charge in [-0.25, -0.2) is 9.37 Å². The fourth-order valence-corrected chi connectivity index (χ4v) is 2.71. The van der Waals surface area contributed by atoms with E-state index >= 15 is 0 Å². The molecule has 1 heterocycles. The third kappa shape index (κ3) is 5.42. The van der Waals surface area contributed by atoms with Crippen molar-refractivity contribution < 1.29 is 18.7 Å². The molecule has 0 radical (unpaired) electrons. The minimum absolute atomic E-state index is 0.256. The summed E-state index contributed by atoms with van der Waals surface area (Å²) < 4.78 is 18.1. The molecule has 2 aromatic rings. The average molecular weight is 350 g/mol. The van der Waals surface area contributed by atoms with Gasteiger partial charge in [0.25, 0.3) is 5.91 Å². The first-order valence-corrected chi connectivity index (χ1v) is 8.47. The molecule has 1 amide bonds. The van der Waals surface area contributed by atoms with E-state index in [1.165, 1.54) is 23.5 Å². The van der Waals surface area contributed by atoms with Crippen molar-refractivity contribution in [3.05, 3.63) is 41.2 Å². The Morgan fingerprint density at radius 1 is 1.38 bits per heavy atom. The Morgan fingerprint density at radius 2 is 2.17 bits per heavy atom. The Balaban J connectivity index is 1.77. The van der Waals surface area contributed by atoms with E-state index in [4.69, 9.17) is 4.74 Å². The zero-order valence-electron chi connectivity index (χ0n) is 13.5. The molecule has 128 valence electrons. The molecule has 1 aromatic heterocycles. The topological polar surface area (TPSA) is 68.3 Å². The van der Waals surface area contributed by atoms with E-state index in [0.717, 1.165) is 16.3 Å². The van der Waals surface area contributed by atoms with Crippen LogP contribution in [0.25, 0.3) is 10.6 Å². The van der Waals surface area contributed by atoms with Gasteiger partial charge in [-0.3, -0.25) is 9.59 Å². The fourth-order valence-electron chi connectivity index (χ4n) is 1.86. The number of ether oxygens (including phenoxy) is 1. The van der Waals surface area contributed by atoms with Gasteiger partial charge in [0.05, 0.1) is 11.6 Å². The molecule has 0 spiro atoms. The van der Waals surface area contributed by atoms with E-state index in [1.807, 2.05) is 5.38 Å². The molecule has 24 heavy (non-hydrogen) atoms. The van der Waals surface area contributed by atoms with Crippen LogP contribution in [0.4, 0.5) is 4.39 Å². The number of nitrogens with zero attached hydrogens (tertiary/aromatic N) is 1. The SMILES string of the molecule is CC(C)C(=O)OCC(=O)NCCc1csc(-c2cccc(F)c2)n1. The van der Waals surface area contributed by atoms with E-state index in [9.17, 15) is 14.0 Å². The number of rotatable bonds is 7. The van der Waals surface area contributed by atoms with Crippen LogP contribution in [0.15, 0.2) is 29.6 Å². The van der Waals surface area contributed by atoms with Crippen LogP contribution in [0.2, 0.25) is 0 Å². The van der Waals surface area contributed by atoms with E-state index in [0.29, 0.717) is 13.0 Å². The Hall–Kier alpha value is -2.28. The second-order valence-corrected chi connectivity index (χ2v) is 6.37. The third-order valence-electron chi connectivity index (χ3n) is 3.14. The molecular formula is C17H19FN2O3S. The maximum Gasteiger partial charge on any atom is 0.308 e. The number of benzene rings is 1. The first kappa shape index (κ1) is 18.1. The van der Waals surface area contributed by atoms with E-state index in [2.05, 4.69) is 10.3 Å². The lowest BCUT2D eigenvalue weighted by Gasteiger charge is -2.07. The number of halogens is 1. The van der Waals surface area contributed by atoms with Crippen LogP contribution in [0.1, 0.15) is 19.5 Å². The van der Waals surface area contributed by atoms with Gasteiger partial charge in [-0.2, -0.15) is 0 Å². The predicted molar refractivity (Wildman–Crippen MR) is 90.0 cm³/mol. The molecule has 0 saturated carbocycles. The predicted octanol–water partition coefficient (Wildman–Crippen LogP) is 2.81. The molecule has 0 aliphatic rings. The molecule has 0 aliphatic heterocycles. The quantitative estimate of drug-likeness (QED) is 0.780. The average Bonchev–Trinajstić information content (AvgIpc) is 3.01. The molecule has 0 saturated heterocycles. The van der Waals surface area contributed by atoms with Crippen molar-refractivity contribution in [3.8, 4) is 10.6 Å². The van der Waals surface area contributed by atoms with Crippen LogP contribution in [0, 0.1) is 11.7 Å². The molecule has 0 bridgehead atoms. The van der Waals surface area contributed by atoms with Gasteiger partial charge in [0.1, 0.15) is 10.8 Å². The van der Waals surface area contributed by atoms with Crippen LogP contribution in [-0.4, -0.2) is 30.0 Å². The minimum Gasteiger partial charge on any atom is -0.455 e. The molecular weight excluding hydrogens is 331 g/mol. The van der Waals surface area contributed by atoms with Crippen LogP contribution < -0.4 is 5.32 Å². The van der Waals surface area contributed by atoms with E-state index in [1.54, 1.807) is 26.0 Å². The second-order valence-electron chi connectivity index (χ2n) is 5.52. The standard InChI is InChI=1S/C17H19FN2O3S/c1-11(2)17(22)23-9-15(21)19-7-6-14-10-24-16(20-14)12-4-3-5-13(18)8-12/h3-5,8,10-11H,6-7,9H2,1-2H3,(H,19,21). The number of carbonyl (C=O) groups excluding carboxylic acids is 2. The first-order valence-electron chi connectivity index (χ1n) is 7.59. The number of hydrogen-bond acceptors (Lipinski definition) is 5. The molecule has 5 nitrogen and oxygen atoms in total. The molecule has 1 N–H and O–H groups in total. The van der Waals surface area contributed by atoms with Crippen LogP contribution in [-0.2, 0) is 20.7 Å². The van der Waals surface area contributed by atoms with Crippen molar-refractivity contribution in [1.82, 2.24) is 10.3 Å². The Morgan fingerprint density at radius 3 is 2.88 bits per heavy atom. The van der Waals surface area contributed by atoms with E-state index in [-0.39, 0.29) is 24.2 Å². The molecule has 0 aliphatic carbocycles. The van der Waals surface area contributed by atoms with E-state index < -0.39 is 5.97 Å². The van der Waals surface area contributed by atoms with Crippen molar-refractivity contribution in [1.29, 1.82) is 0 Å². The number of nitrogens with one attached hydrogen (secondary N) is 1. The highest BCUT2D eigenvalue weighted by atomic mass is 32.1. The van der Waals surface area contributed by atoms with Crippen LogP contribution in [0.5, 0.6) is 0 Å². The minimum atomic E-state index is -0.399. The molecule has 2 rings (SSSR count). The van der Waals surface area contributed by atoms with Gasteiger partial charge < -0.3 is 10.1 Å². The summed E-state index contributed by atoms with van der Waals surface area (Å²) in [6.07, 6.45) is 0.551. The molecule has 0 fully saturated rings. The van der Waals surface area contributed by atoms with Gasteiger partial charge in [-0.15, -0.1) is 11.3 Å². The summed E-state index contributed by atoms with van der Waals surface area (Å²) in [5.74, 6) is -1.30. The molecule has 0 unspecified atom stereocenters. The van der Waals surface area contributed by atoms with Gasteiger partial charge in [-0.1, -0.05) is 26.0 Å². The number of aromatic nitrogens is 1. The zero-order valence-corrected chi connectivity index (χ0v) is 14.4. The molecule has 1 aromatic carbocycles. The fraction of sp³-hybridized carbons (Fsp3) is 0.353. The second kappa shape index (κ2) is 8.54. The third-order valence-corrected chi connectivity index (χ3v) is 4.08. The van der Waals surface area contributed by atoms with Gasteiger partial charge in [0.2, 0.25) is 0 Å². The summed E-state index contributed by atoms with van der Waals surface area (Å²) in [6, 6.07) is 6.27. The number of carbonyl (C=O) groups is 2. The summed E-state index contributed by atoms with van der Waals surface area (Å²) >= 11 is 1.43. The lowest BCUT2D eigenvalue weighted by Crippen LogP contribution is -2.31. The Labute approximate surface area is 143 Å². The van der Waals surface area contributed by atoms with Crippen molar-refractivity contribution >= 4 is 23.2 Å². The molecule has 0 atom stereocenters. The van der Waals surface area contributed by atoms with Crippen molar-refractivity contribution in [2.45, 2.75) is 20.3 Å². The number of thiazole rings is 1. The normalized spacial score (nSPS) is 10.7. The summed E-state index contributed by atoms with van der Waals surface area (Å²) in [7, 11) is 0. The van der Waals surface area contributed by atoms with Crippen LogP contribution >= 0.6 is 11.3 Å². The van der Waals surface area contributed by atoms with Gasteiger partial charge in [0, 0.05) is 23.9 Å². The van der Waals surface area contributed by atoms with Crippen molar-refractivity contribution in [2.24, 2.45) is 5.92 Å². The maximum absolute atomic E-state index is 13.2. The Bertz CT molecular complexity index is 715. The largest absolute Gasteiger partial charge is 0.455 e. The highest BCUT2D eigenvalue weighted by Crippen LogP contribution is 2.24. The van der Waals surface area contributed by atoms with Gasteiger partial charge in [0.15, 0.2) is 6.61 Å². The number of esters is 1. The summed E-state index contributed by atoms with van der Waals surface area (Å²) in [6.45, 7) is 3.53. The number of amides is 1. The highest BCUT2D eigenvalue weighted by Gasteiger charge is 2.11. The lowest BCUT2D eigenvalue weighted by atomic mass is 10.2.